The lowest BCUT2D eigenvalue weighted by atomic mass is 10.0. The lowest BCUT2D eigenvalue weighted by Crippen LogP contribution is -2.42. The van der Waals surface area contributed by atoms with Gasteiger partial charge in [-0.2, -0.15) is 0 Å². The smallest absolute Gasteiger partial charge is 0.227 e. The van der Waals surface area contributed by atoms with Gasteiger partial charge in [-0.05, 0) is 44.9 Å². The van der Waals surface area contributed by atoms with Crippen LogP contribution < -0.4 is 10.5 Å². The highest BCUT2D eigenvalue weighted by Gasteiger charge is 2.35. The molecule has 1 fully saturated rings. The van der Waals surface area contributed by atoms with E-state index in [0.29, 0.717) is 19.2 Å². The number of amides is 1. The van der Waals surface area contributed by atoms with E-state index in [1.54, 1.807) is 0 Å². The number of hydrogen-bond acceptors (Lipinski definition) is 3. The van der Waals surface area contributed by atoms with Crippen LogP contribution in [-0.4, -0.2) is 29.5 Å². The molecule has 0 spiro atoms. The molecule has 2 rings (SSSR count). The first-order valence-corrected chi connectivity index (χ1v) is 8.70. The fourth-order valence-corrected chi connectivity index (χ4v) is 2.82. The third kappa shape index (κ3) is 4.23. The third-order valence-corrected chi connectivity index (χ3v) is 4.61. The van der Waals surface area contributed by atoms with Crippen molar-refractivity contribution in [2.24, 2.45) is 11.7 Å². The number of hydrogen-bond donors (Lipinski definition) is 1. The van der Waals surface area contributed by atoms with Gasteiger partial charge >= 0.3 is 0 Å². The summed E-state index contributed by atoms with van der Waals surface area (Å²) < 4.78 is 6.69. The number of nitrogens with two attached hydrogens (primary N) is 1. The first-order valence-electron chi connectivity index (χ1n) is 7.91. The van der Waals surface area contributed by atoms with Crippen molar-refractivity contribution >= 4 is 21.8 Å². The van der Waals surface area contributed by atoms with E-state index >= 15 is 0 Å². The first kappa shape index (κ1) is 17.3. The van der Waals surface area contributed by atoms with E-state index < -0.39 is 0 Å². The second-order valence-electron chi connectivity index (χ2n) is 6.03. The van der Waals surface area contributed by atoms with Gasteiger partial charge in [0.15, 0.2) is 0 Å². The van der Waals surface area contributed by atoms with E-state index in [1.165, 1.54) is 0 Å². The zero-order chi connectivity index (χ0) is 16.3. The molecule has 2 atom stereocenters. The maximum Gasteiger partial charge on any atom is 0.227 e. The Morgan fingerprint density at radius 1 is 1.45 bits per heavy atom. The number of carbonyl (C=O) groups excluding carboxylic acids is 1. The van der Waals surface area contributed by atoms with Gasteiger partial charge in [-0.25, -0.2) is 0 Å². The summed E-state index contributed by atoms with van der Waals surface area (Å²) >= 11 is 3.50. The lowest BCUT2D eigenvalue weighted by molar-refractivity contribution is -0.136. The number of rotatable bonds is 7. The zero-order valence-corrected chi connectivity index (χ0v) is 15.1. The highest BCUT2D eigenvalue weighted by molar-refractivity contribution is 9.10. The Labute approximate surface area is 141 Å². The molecule has 0 bridgehead atoms. The van der Waals surface area contributed by atoms with Gasteiger partial charge < -0.3 is 15.4 Å². The van der Waals surface area contributed by atoms with Crippen molar-refractivity contribution in [3.05, 3.63) is 28.2 Å². The summed E-state index contributed by atoms with van der Waals surface area (Å²) in [5, 5.41) is 0. The molecule has 1 amide bonds. The number of halogens is 1. The Morgan fingerprint density at radius 3 is 2.68 bits per heavy atom. The first-order chi connectivity index (χ1) is 10.4. The predicted molar refractivity (Wildman–Crippen MR) is 91.7 cm³/mol. The Bertz CT molecular complexity index is 529. The van der Waals surface area contributed by atoms with Crippen molar-refractivity contribution < 1.29 is 9.53 Å². The molecule has 0 heterocycles. The average molecular weight is 369 g/mol. The minimum atomic E-state index is -0.164. The van der Waals surface area contributed by atoms with Crippen LogP contribution in [0.2, 0.25) is 0 Å². The second-order valence-corrected chi connectivity index (χ2v) is 6.95. The molecule has 0 saturated heterocycles. The lowest BCUT2D eigenvalue weighted by Gasteiger charge is -2.28. The molecule has 1 aliphatic carbocycles. The Balaban J connectivity index is 2.21. The Kier molecular flexibility index (Phi) is 5.87. The van der Waals surface area contributed by atoms with Crippen LogP contribution in [0.4, 0.5) is 0 Å². The maximum atomic E-state index is 12.7. The summed E-state index contributed by atoms with van der Waals surface area (Å²) in [5.74, 6) is 0.820. The molecule has 1 aromatic carbocycles. The molecule has 5 heteroatoms. The fraction of sp³-hybridized carbons (Fsp3) is 0.588. The molecule has 2 N–H and O–H groups in total. The van der Waals surface area contributed by atoms with Gasteiger partial charge in [0.2, 0.25) is 5.91 Å². The van der Waals surface area contributed by atoms with E-state index in [9.17, 15) is 4.79 Å². The van der Waals surface area contributed by atoms with Crippen LogP contribution in [0.15, 0.2) is 22.7 Å². The van der Waals surface area contributed by atoms with E-state index in [-0.39, 0.29) is 17.9 Å². The van der Waals surface area contributed by atoms with Gasteiger partial charge in [0, 0.05) is 28.7 Å². The van der Waals surface area contributed by atoms with Gasteiger partial charge in [-0.1, -0.05) is 22.9 Å². The quantitative estimate of drug-likeness (QED) is 0.802. The minimum absolute atomic E-state index is 0.136. The molecular formula is C17H25BrN2O2. The van der Waals surface area contributed by atoms with Crippen LogP contribution in [0.5, 0.6) is 5.75 Å². The molecule has 122 valence electrons. The molecule has 4 nitrogen and oxygen atoms in total. The largest absolute Gasteiger partial charge is 0.494 e. The topological polar surface area (TPSA) is 55.6 Å². The molecule has 0 radical (unpaired) electrons. The van der Waals surface area contributed by atoms with Gasteiger partial charge in [-0.3, -0.25) is 4.79 Å². The average Bonchev–Trinajstić information content (AvgIpc) is 3.30. The molecular weight excluding hydrogens is 344 g/mol. The van der Waals surface area contributed by atoms with Gasteiger partial charge in [-0.15, -0.1) is 0 Å². The maximum absolute atomic E-state index is 12.7. The number of carbonyl (C=O) groups is 1. The summed E-state index contributed by atoms with van der Waals surface area (Å²) in [7, 11) is 0. The third-order valence-electron chi connectivity index (χ3n) is 4.11. The van der Waals surface area contributed by atoms with Gasteiger partial charge in [0.05, 0.1) is 12.5 Å². The molecule has 1 aliphatic rings. The van der Waals surface area contributed by atoms with Crippen LogP contribution in [0.1, 0.15) is 39.2 Å². The van der Waals surface area contributed by atoms with E-state index in [1.807, 2.05) is 43.9 Å². The van der Waals surface area contributed by atoms with Crippen molar-refractivity contribution in [2.75, 3.05) is 6.61 Å². The van der Waals surface area contributed by atoms with Crippen molar-refractivity contribution in [3.8, 4) is 5.75 Å². The standard InChI is InChI=1S/C17H25BrN2O2/c1-4-22-16-8-5-14(18)9-13(16)10-20(15-6-7-15)17(21)11(2)12(3)19/h5,8-9,11-12,15H,4,6-7,10,19H2,1-3H3. The Hall–Kier alpha value is -1.07. The summed E-state index contributed by atoms with van der Waals surface area (Å²) in [5.41, 5.74) is 6.95. The molecule has 1 aromatic rings. The van der Waals surface area contributed by atoms with Gasteiger partial charge in [0.25, 0.3) is 0 Å². The summed E-state index contributed by atoms with van der Waals surface area (Å²) in [6.07, 6.45) is 2.16. The summed E-state index contributed by atoms with van der Waals surface area (Å²) in [6, 6.07) is 6.16. The zero-order valence-electron chi connectivity index (χ0n) is 13.5. The monoisotopic (exact) mass is 368 g/mol. The highest BCUT2D eigenvalue weighted by Crippen LogP contribution is 2.33. The normalized spacial score (nSPS) is 17.0. The molecule has 0 aromatic heterocycles. The van der Waals surface area contributed by atoms with E-state index in [2.05, 4.69) is 15.9 Å². The predicted octanol–water partition coefficient (Wildman–Crippen LogP) is 3.32. The SMILES string of the molecule is CCOc1ccc(Br)cc1CN(C(=O)C(C)C(C)N)C1CC1. The molecule has 2 unspecified atom stereocenters. The van der Waals surface area contributed by atoms with Crippen LogP contribution in [0.25, 0.3) is 0 Å². The fourth-order valence-electron chi connectivity index (χ4n) is 2.41. The van der Waals surface area contributed by atoms with Gasteiger partial charge in [0.1, 0.15) is 5.75 Å². The summed E-state index contributed by atoms with van der Waals surface area (Å²) in [4.78, 5) is 14.7. The van der Waals surface area contributed by atoms with Crippen LogP contribution >= 0.6 is 15.9 Å². The van der Waals surface area contributed by atoms with Crippen molar-refractivity contribution in [3.63, 3.8) is 0 Å². The van der Waals surface area contributed by atoms with Crippen molar-refractivity contribution in [2.45, 2.75) is 52.2 Å². The Morgan fingerprint density at radius 2 is 2.14 bits per heavy atom. The molecule has 1 saturated carbocycles. The van der Waals surface area contributed by atoms with E-state index in [4.69, 9.17) is 10.5 Å². The number of nitrogens with zero attached hydrogens (tertiary/aromatic N) is 1. The van der Waals surface area contributed by atoms with Crippen LogP contribution in [0.3, 0.4) is 0 Å². The summed E-state index contributed by atoms with van der Waals surface area (Å²) in [6.45, 7) is 6.95. The number of ether oxygens (including phenoxy) is 1. The van der Waals surface area contributed by atoms with Crippen molar-refractivity contribution in [1.29, 1.82) is 0 Å². The van der Waals surface area contributed by atoms with Crippen LogP contribution in [0, 0.1) is 5.92 Å². The molecule has 0 aliphatic heterocycles. The van der Waals surface area contributed by atoms with Crippen LogP contribution in [-0.2, 0) is 11.3 Å². The number of benzene rings is 1. The van der Waals surface area contributed by atoms with E-state index in [0.717, 1.165) is 28.6 Å². The van der Waals surface area contributed by atoms with Crippen molar-refractivity contribution in [1.82, 2.24) is 4.90 Å². The molecule has 22 heavy (non-hydrogen) atoms. The second kappa shape index (κ2) is 7.47. The minimum Gasteiger partial charge on any atom is -0.494 e. The highest BCUT2D eigenvalue weighted by atomic mass is 79.9.